The van der Waals surface area contributed by atoms with E-state index in [-0.39, 0.29) is 5.91 Å². The maximum atomic E-state index is 11.5. The smallest absolute Gasteiger partial charge is 0.250 e. The Morgan fingerprint density at radius 3 is 2.68 bits per heavy atom. The lowest BCUT2D eigenvalue weighted by molar-refractivity contribution is -0.137. The quantitative estimate of drug-likeness (QED) is 0.850. The summed E-state index contributed by atoms with van der Waals surface area (Å²) < 4.78 is 5.29. The standard InChI is InChI=1S/C15H23NO3/c1-5-13-10-12(6-7-14(13)19-4)8-9-16(3)15(18)11(2)17/h6-7,10-11,17H,5,8-9H2,1-4H3. The van der Waals surface area contributed by atoms with E-state index in [0.717, 1.165) is 18.6 Å². The van der Waals surface area contributed by atoms with Crippen LogP contribution in [0.25, 0.3) is 0 Å². The van der Waals surface area contributed by atoms with Gasteiger partial charge in [-0.2, -0.15) is 0 Å². The Hall–Kier alpha value is -1.55. The van der Waals surface area contributed by atoms with E-state index in [1.54, 1.807) is 19.1 Å². The molecule has 0 aromatic heterocycles. The Kier molecular flexibility index (Phi) is 5.83. The molecule has 0 bridgehead atoms. The highest BCUT2D eigenvalue weighted by atomic mass is 16.5. The molecule has 0 fully saturated rings. The third-order valence-corrected chi connectivity index (χ3v) is 3.20. The number of aliphatic hydroxyl groups excluding tert-OH is 1. The van der Waals surface area contributed by atoms with Crippen LogP contribution < -0.4 is 4.74 Å². The summed E-state index contributed by atoms with van der Waals surface area (Å²) in [5, 5.41) is 9.23. The van der Waals surface area contributed by atoms with Gasteiger partial charge in [-0.05, 0) is 37.0 Å². The van der Waals surface area contributed by atoms with E-state index in [9.17, 15) is 9.90 Å². The number of rotatable bonds is 6. The molecular weight excluding hydrogens is 242 g/mol. The highest BCUT2D eigenvalue weighted by Crippen LogP contribution is 2.20. The van der Waals surface area contributed by atoms with Crippen LogP contribution in [0.1, 0.15) is 25.0 Å². The van der Waals surface area contributed by atoms with Crippen LogP contribution in [0.2, 0.25) is 0 Å². The van der Waals surface area contributed by atoms with E-state index in [2.05, 4.69) is 13.0 Å². The molecule has 0 aliphatic rings. The number of hydrogen-bond acceptors (Lipinski definition) is 3. The van der Waals surface area contributed by atoms with Gasteiger partial charge in [0.25, 0.3) is 5.91 Å². The lowest BCUT2D eigenvalue weighted by atomic mass is 10.0. The van der Waals surface area contributed by atoms with Crippen molar-refractivity contribution in [3.8, 4) is 5.75 Å². The molecule has 1 aromatic rings. The molecule has 0 aliphatic carbocycles. The molecule has 1 atom stereocenters. The summed E-state index contributed by atoms with van der Waals surface area (Å²) in [6, 6.07) is 6.09. The molecule has 1 amide bonds. The third-order valence-electron chi connectivity index (χ3n) is 3.20. The van der Waals surface area contributed by atoms with E-state index in [1.807, 2.05) is 12.1 Å². The van der Waals surface area contributed by atoms with Gasteiger partial charge >= 0.3 is 0 Å². The van der Waals surface area contributed by atoms with Crippen molar-refractivity contribution in [3.63, 3.8) is 0 Å². The lowest BCUT2D eigenvalue weighted by Gasteiger charge is -2.19. The van der Waals surface area contributed by atoms with Gasteiger partial charge in [-0.1, -0.05) is 19.1 Å². The summed E-state index contributed by atoms with van der Waals surface area (Å²) in [6.07, 6.45) is 0.748. The minimum absolute atomic E-state index is 0.246. The number of benzene rings is 1. The molecule has 4 nitrogen and oxygen atoms in total. The van der Waals surface area contributed by atoms with Crippen molar-refractivity contribution in [1.29, 1.82) is 0 Å². The molecule has 1 aromatic carbocycles. The molecule has 0 saturated heterocycles. The van der Waals surface area contributed by atoms with E-state index in [4.69, 9.17) is 4.74 Å². The fourth-order valence-corrected chi connectivity index (χ4v) is 1.99. The zero-order valence-corrected chi connectivity index (χ0v) is 12.1. The zero-order chi connectivity index (χ0) is 14.4. The maximum Gasteiger partial charge on any atom is 0.250 e. The van der Waals surface area contributed by atoms with Crippen LogP contribution in [0.4, 0.5) is 0 Å². The fourth-order valence-electron chi connectivity index (χ4n) is 1.99. The molecule has 0 radical (unpaired) electrons. The van der Waals surface area contributed by atoms with Gasteiger partial charge in [0, 0.05) is 13.6 Å². The molecule has 19 heavy (non-hydrogen) atoms. The average Bonchev–Trinajstić information content (AvgIpc) is 2.43. The summed E-state index contributed by atoms with van der Waals surface area (Å²) in [7, 11) is 3.38. The largest absolute Gasteiger partial charge is 0.496 e. The van der Waals surface area contributed by atoms with Gasteiger partial charge in [0.2, 0.25) is 0 Å². The van der Waals surface area contributed by atoms with Crippen molar-refractivity contribution in [1.82, 2.24) is 4.90 Å². The van der Waals surface area contributed by atoms with E-state index in [1.165, 1.54) is 18.1 Å². The van der Waals surface area contributed by atoms with Crippen LogP contribution in [0.15, 0.2) is 18.2 Å². The molecule has 1 N–H and O–H groups in total. The molecule has 0 spiro atoms. The van der Waals surface area contributed by atoms with Crippen molar-refractivity contribution in [2.45, 2.75) is 32.8 Å². The number of carbonyl (C=O) groups excluding carboxylic acids is 1. The number of carbonyl (C=O) groups is 1. The number of methoxy groups -OCH3 is 1. The molecule has 1 rings (SSSR count). The second kappa shape index (κ2) is 7.14. The first-order valence-electron chi connectivity index (χ1n) is 6.58. The van der Waals surface area contributed by atoms with Crippen molar-refractivity contribution >= 4 is 5.91 Å². The first-order chi connectivity index (χ1) is 8.99. The van der Waals surface area contributed by atoms with Crippen LogP contribution >= 0.6 is 0 Å². The van der Waals surface area contributed by atoms with Gasteiger partial charge in [-0.25, -0.2) is 0 Å². The summed E-state index contributed by atoms with van der Waals surface area (Å²) in [4.78, 5) is 13.1. The normalized spacial score (nSPS) is 12.1. The monoisotopic (exact) mass is 265 g/mol. The third kappa shape index (κ3) is 4.24. The Balaban J connectivity index is 2.65. The Labute approximate surface area is 115 Å². The van der Waals surface area contributed by atoms with Crippen molar-refractivity contribution in [2.75, 3.05) is 20.7 Å². The first-order valence-corrected chi connectivity index (χ1v) is 6.58. The van der Waals surface area contributed by atoms with E-state index < -0.39 is 6.10 Å². The van der Waals surface area contributed by atoms with Crippen molar-refractivity contribution in [3.05, 3.63) is 29.3 Å². The van der Waals surface area contributed by atoms with Gasteiger partial charge in [0.15, 0.2) is 0 Å². The number of aliphatic hydroxyl groups is 1. The van der Waals surface area contributed by atoms with Crippen molar-refractivity contribution in [2.24, 2.45) is 0 Å². The van der Waals surface area contributed by atoms with Gasteiger partial charge in [-0.3, -0.25) is 4.79 Å². The second-order valence-corrected chi connectivity index (χ2v) is 4.69. The molecule has 106 valence electrons. The van der Waals surface area contributed by atoms with Crippen LogP contribution in [-0.4, -0.2) is 42.7 Å². The summed E-state index contributed by atoms with van der Waals surface area (Å²) in [6.45, 7) is 4.17. The van der Waals surface area contributed by atoms with E-state index >= 15 is 0 Å². The molecule has 1 unspecified atom stereocenters. The SMILES string of the molecule is CCc1cc(CCN(C)C(=O)C(C)O)ccc1OC. The topological polar surface area (TPSA) is 49.8 Å². The molecular formula is C15H23NO3. The molecule has 4 heteroatoms. The molecule has 0 heterocycles. The van der Waals surface area contributed by atoms with Crippen LogP contribution in [0.3, 0.4) is 0 Å². The lowest BCUT2D eigenvalue weighted by Crippen LogP contribution is -2.35. The van der Waals surface area contributed by atoms with Crippen LogP contribution in [-0.2, 0) is 17.6 Å². The Morgan fingerprint density at radius 2 is 2.16 bits per heavy atom. The number of aryl methyl sites for hydroxylation is 1. The number of nitrogens with zero attached hydrogens (tertiary/aromatic N) is 1. The minimum Gasteiger partial charge on any atom is -0.496 e. The second-order valence-electron chi connectivity index (χ2n) is 4.69. The number of amides is 1. The van der Waals surface area contributed by atoms with Crippen molar-refractivity contribution < 1.29 is 14.6 Å². The first kappa shape index (κ1) is 15.5. The van der Waals surface area contributed by atoms with Crippen LogP contribution in [0, 0.1) is 0 Å². The van der Waals surface area contributed by atoms with Gasteiger partial charge in [0.1, 0.15) is 11.9 Å². The average molecular weight is 265 g/mol. The van der Waals surface area contributed by atoms with Gasteiger partial charge in [0.05, 0.1) is 7.11 Å². The highest BCUT2D eigenvalue weighted by Gasteiger charge is 2.14. The Bertz CT molecular complexity index is 429. The van der Waals surface area contributed by atoms with Gasteiger partial charge < -0.3 is 14.7 Å². The fraction of sp³-hybridized carbons (Fsp3) is 0.533. The predicted octanol–water partition coefficient (Wildman–Crippen LogP) is 1.64. The number of ether oxygens (including phenoxy) is 1. The number of likely N-dealkylation sites (N-methyl/N-ethyl adjacent to an activating group) is 1. The van der Waals surface area contributed by atoms with Crippen LogP contribution in [0.5, 0.6) is 5.75 Å². The Morgan fingerprint density at radius 1 is 1.47 bits per heavy atom. The highest BCUT2D eigenvalue weighted by molar-refractivity contribution is 5.79. The summed E-state index contributed by atoms with van der Waals surface area (Å²) in [5.74, 6) is 0.656. The molecule has 0 saturated carbocycles. The minimum atomic E-state index is -0.938. The zero-order valence-electron chi connectivity index (χ0n) is 12.1. The van der Waals surface area contributed by atoms with Gasteiger partial charge in [-0.15, -0.1) is 0 Å². The molecule has 0 aliphatic heterocycles. The number of hydrogen-bond donors (Lipinski definition) is 1. The predicted molar refractivity (Wildman–Crippen MR) is 75.4 cm³/mol. The maximum absolute atomic E-state index is 11.5. The summed E-state index contributed by atoms with van der Waals surface area (Å²) >= 11 is 0. The van der Waals surface area contributed by atoms with E-state index in [0.29, 0.717) is 6.54 Å². The summed E-state index contributed by atoms with van der Waals surface area (Å²) in [5.41, 5.74) is 2.34.